The maximum atomic E-state index is 13.1. The first-order chi connectivity index (χ1) is 13.8. The van der Waals surface area contributed by atoms with E-state index in [1.807, 2.05) is 31.2 Å². The fourth-order valence-electron chi connectivity index (χ4n) is 2.76. The zero-order valence-electron chi connectivity index (χ0n) is 15.9. The zero-order valence-corrected chi connectivity index (χ0v) is 16.7. The van der Waals surface area contributed by atoms with Gasteiger partial charge in [-0.15, -0.1) is 0 Å². The summed E-state index contributed by atoms with van der Waals surface area (Å²) in [5.41, 5.74) is 2.22. The molecule has 0 radical (unpaired) electrons. The molecular weight excluding hydrogens is 391 g/mol. The van der Waals surface area contributed by atoms with Crippen molar-refractivity contribution in [3.05, 3.63) is 95.8 Å². The Morgan fingerprint density at radius 3 is 2.17 bits per heavy atom. The molecule has 0 aliphatic rings. The number of halogens is 1. The predicted octanol–water partition coefficient (Wildman–Crippen LogP) is 3.96. The molecule has 5 nitrogen and oxygen atoms in total. The minimum absolute atomic E-state index is 0.0499. The minimum atomic E-state index is -3.89. The van der Waals surface area contributed by atoms with Gasteiger partial charge in [0, 0.05) is 12.2 Å². The number of nitrogens with zero attached hydrogens (tertiary/aromatic N) is 1. The van der Waals surface area contributed by atoms with E-state index < -0.39 is 21.7 Å². The summed E-state index contributed by atoms with van der Waals surface area (Å²) in [6.45, 7) is 1.62. The van der Waals surface area contributed by atoms with Gasteiger partial charge in [-0.1, -0.05) is 48.0 Å². The van der Waals surface area contributed by atoms with Crippen molar-refractivity contribution in [2.45, 2.75) is 18.4 Å². The standard InChI is InChI=1S/C22H21FN2O3S/c1-17-7-9-18(10-8-17)15-25(29(27,28)21-5-3-2-4-6-21)16-22(26)24-20-13-11-19(23)12-14-20/h2-14H,15-16H2,1H3,(H,24,26). The van der Waals surface area contributed by atoms with Crippen molar-refractivity contribution >= 4 is 21.6 Å². The SMILES string of the molecule is Cc1ccc(CN(CC(=O)Nc2ccc(F)cc2)S(=O)(=O)c2ccccc2)cc1. The van der Waals surface area contributed by atoms with Crippen LogP contribution in [0.5, 0.6) is 0 Å². The second-order valence-corrected chi connectivity index (χ2v) is 8.56. The molecule has 0 bridgehead atoms. The number of aryl methyl sites for hydroxylation is 1. The second kappa shape index (κ2) is 8.98. The number of anilines is 1. The first kappa shape index (κ1) is 20.7. The summed E-state index contributed by atoms with van der Waals surface area (Å²) in [5, 5.41) is 2.61. The number of sulfonamides is 1. The van der Waals surface area contributed by atoms with Gasteiger partial charge in [0.25, 0.3) is 0 Å². The Morgan fingerprint density at radius 2 is 1.55 bits per heavy atom. The summed E-state index contributed by atoms with van der Waals surface area (Å²) in [7, 11) is -3.89. The van der Waals surface area contributed by atoms with Gasteiger partial charge >= 0.3 is 0 Å². The highest BCUT2D eigenvalue weighted by Gasteiger charge is 2.26. The molecule has 0 aliphatic carbocycles. The van der Waals surface area contributed by atoms with E-state index in [0.29, 0.717) is 5.69 Å². The van der Waals surface area contributed by atoms with E-state index in [1.54, 1.807) is 18.2 Å². The summed E-state index contributed by atoms with van der Waals surface area (Å²) < 4.78 is 40.4. The molecule has 0 aliphatic heterocycles. The molecule has 0 fully saturated rings. The molecule has 0 saturated heterocycles. The Morgan fingerprint density at radius 1 is 0.931 bits per heavy atom. The van der Waals surface area contributed by atoms with Crippen LogP contribution in [0.2, 0.25) is 0 Å². The highest BCUT2D eigenvalue weighted by atomic mass is 32.2. The summed E-state index contributed by atoms with van der Waals surface area (Å²) in [5.74, 6) is -0.932. The van der Waals surface area contributed by atoms with Crippen LogP contribution in [-0.2, 0) is 21.4 Å². The van der Waals surface area contributed by atoms with Gasteiger partial charge in [-0.05, 0) is 48.9 Å². The molecule has 3 aromatic carbocycles. The fraction of sp³-hybridized carbons (Fsp3) is 0.136. The Balaban J connectivity index is 1.84. The molecular formula is C22H21FN2O3S. The van der Waals surface area contributed by atoms with Crippen LogP contribution in [-0.4, -0.2) is 25.2 Å². The first-order valence-electron chi connectivity index (χ1n) is 9.01. The minimum Gasteiger partial charge on any atom is -0.325 e. The van der Waals surface area contributed by atoms with Crippen molar-refractivity contribution in [1.82, 2.24) is 4.31 Å². The van der Waals surface area contributed by atoms with Gasteiger partial charge in [-0.2, -0.15) is 4.31 Å². The van der Waals surface area contributed by atoms with Crippen molar-refractivity contribution < 1.29 is 17.6 Å². The Bertz CT molecular complexity index is 1070. The Kier molecular flexibility index (Phi) is 6.41. The molecule has 0 aromatic heterocycles. The summed E-state index contributed by atoms with van der Waals surface area (Å²) in [6.07, 6.45) is 0. The first-order valence-corrected chi connectivity index (χ1v) is 10.4. The molecule has 150 valence electrons. The molecule has 1 N–H and O–H groups in total. The molecule has 0 spiro atoms. The number of rotatable bonds is 7. The van der Waals surface area contributed by atoms with Gasteiger partial charge in [-0.25, -0.2) is 12.8 Å². The Labute approximate surface area is 169 Å². The molecule has 0 unspecified atom stereocenters. The number of hydrogen-bond acceptors (Lipinski definition) is 3. The lowest BCUT2D eigenvalue weighted by molar-refractivity contribution is -0.116. The van der Waals surface area contributed by atoms with Crippen LogP contribution in [0.25, 0.3) is 0 Å². The fourth-order valence-corrected chi connectivity index (χ4v) is 4.16. The van der Waals surface area contributed by atoms with Crippen molar-refractivity contribution in [2.24, 2.45) is 0 Å². The largest absolute Gasteiger partial charge is 0.325 e. The van der Waals surface area contributed by atoms with Crippen LogP contribution in [0, 0.1) is 12.7 Å². The summed E-state index contributed by atoms with van der Waals surface area (Å²) in [6, 6.07) is 20.7. The molecule has 3 aromatic rings. The normalized spacial score (nSPS) is 11.4. The van der Waals surface area contributed by atoms with E-state index in [2.05, 4.69) is 5.32 Å². The van der Waals surface area contributed by atoms with Crippen molar-refractivity contribution in [2.75, 3.05) is 11.9 Å². The maximum absolute atomic E-state index is 13.1. The number of benzene rings is 3. The number of nitrogens with one attached hydrogen (secondary N) is 1. The zero-order chi connectivity index (χ0) is 20.9. The van der Waals surface area contributed by atoms with Crippen molar-refractivity contribution in [3.63, 3.8) is 0 Å². The van der Waals surface area contributed by atoms with Gasteiger partial charge in [0.15, 0.2) is 0 Å². The van der Waals surface area contributed by atoms with Crippen LogP contribution in [0.15, 0.2) is 83.8 Å². The third kappa shape index (κ3) is 5.49. The highest BCUT2D eigenvalue weighted by molar-refractivity contribution is 7.89. The van der Waals surface area contributed by atoms with E-state index in [-0.39, 0.29) is 18.0 Å². The monoisotopic (exact) mass is 412 g/mol. The van der Waals surface area contributed by atoms with E-state index in [1.165, 1.54) is 36.4 Å². The van der Waals surface area contributed by atoms with Gasteiger partial charge in [0.2, 0.25) is 15.9 Å². The number of amides is 1. The van der Waals surface area contributed by atoms with E-state index >= 15 is 0 Å². The predicted molar refractivity (Wildman–Crippen MR) is 110 cm³/mol. The van der Waals surface area contributed by atoms with Crippen molar-refractivity contribution in [3.8, 4) is 0 Å². The average Bonchev–Trinajstić information content (AvgIpc) is 2.71. The van der Waals surface area contributed by atoms with Crippen LogP contribution in [0.4, 0.5) is 10.1 Å². The summed E-state index contributed by atoms with van der Waals surface area (Å²) in [4.78, 5) is 12.6. The van der Waals surface area contributed by atoms with Gasteiger partial charge < -0.3 is 5.32 Å². The van der Waals surface area contributed by atoms with Crippen LogP contribution in [0.1, 0.15) is 11.1 Å². The highest BCUT2D eigenvalue weighted by Crippen LogP contribution is 2.19. The topological polar surface area (TPSA) is 66.5 Å². The quantitative estimate of drug-likeness (QED) is 0.639. The number of carbonyl (C=O) groups excluding carboxylic acids is 1. The number of hydrogen-bond donors (Lipinski definition) is 1. The van der Waals surface area contributed by atoms with Crippen molar-refractivity contribution in [1.29, 1.82) is 0 Å². The molecule has 1 amide bonds. The smallest absolute Gasteiger partial charge is 0.243 e. The van der Waals surface area contributed by atoms with E-state index in [4.69, 9.17) is 0 Å². The molecule has 3 rings (SSSR count). The average molecular weight is 412 g/mol. The third-order valence-electron chi connectivity index (χ3n) is 4.31. The number of carbonyl (C=O) groups is 1. The molecule has 0 saturated carbocycles. The van der Waals surface area contributed by atoms with Crippen LogP contribution >= 0.6 is 0 Å². The molecule has 29 heavy (non-hydrogen) atoms. The van der Waals surface area contributed by atoms with Gasteiger partial charge in [0.1, 0.15) is 5.82 Å². The maximum Gasteiger partial charge on any atom is 0.243 e. The van der Waals surface area contributed by atoms with Crippen LogP contribution < -0.4 is 5.32 Å². The third-order valence-corrected chi connectivity index (χ3v) is 6.11. The summed E-state index contributed by atoms with van der Waals surface area (Å²) >= 11 is 0. The second-order valence-electron chi connectivity index (χ2n) is 6.63. The lowest BCUT2D eigenvalue weighted by Gasteiger charge is -2.22. The lowest BCUT2D eigenvalue weighted by atomic mass is 10.1. The molecule has 7 heteroatoms. The van der Waals surface area contributed by atoms with Gasteiger partial charge in [-0.3, -0.25) is 4.79 Å². The molecule has 0 atom stereocenters. The molecule has 0 heterocycles. The van der Waals surface area contributed by atoms with Crippen LogP contribution in [0.3, 0.4) is 0 Å². The van der Waals surface area contributed by atoms with E-state index in [9.17, 15) is 17.6 Å². The van der Waals surface area contributed by atoms with Gasteiger partial charge in [0.05, 0.1) is 11.4 Å². The van der Waals surface area contributed by atoms with E-state index in [0.717, 1.165) is 15.4 Å². The lowest BCUT2D eigenvalue weighted by Crippen LogP contribution is -2.37. The Hall–Kier alpha value is -3.03.